The second-order valence-corrected chi connectivity index (χ2v) is 5.18. The van der Waals surface area contributed by atoms with Gasteiger partial charge in [-0.25, -0.2) is 4.39 Å². The lowest BCUT2D eigenvalue weighted by Gasteiger charge is -2.37. The Morgan fingerprint density at radius 1 is 1.47 bits per heavy atom. The number of nitrogens with zero attached hydrogens (tertiary/aromatic N) is 1. The Kier molecular flexibility index (Phi) is 5.59. The van der Waals surface area contributed by atoms with Crippen LogP contribution in [0.15, 0.2) is 18.2 Å². The van der Waals surface area contributed by atoms with Crippen molar-refractivity contribution in [1.29, 1.82) is 0 Å². The van der Waals surface area contributed by atoms with Gasteiger partial charge >= 0.3 is 0 Å². The summed E-state index contributed by atoms with van der Waals surface area (Å²) in [6, 6.07) is 4.32. The van der Waals surface area contributed by atoms with Crippen molar-refractivity contribution in [3.63, 3.8) is 0 Å². The number of amides is 1. The zero-order valence-corrected chi connectivity index (χ0v) is 12.4. The molecule has 1 aromatic carbocycles. The molecule has 0 saturated carbocycles. The molecule has 1 fully saturated rings. The van der Waals surface area contributed by atoms with Gasteiger partial charge in [0, 0.05) is 30.2 Å². The van der Waals surface area contributed by atoms with Crippen LogP contribution in [0.4, 0.5) is 4.39 Å². The average molecular weight is 307 g/mol. The molecule has 0 spiro atoms. The predicted molar refractivity (Wildman–Crippen MR) is 76.6 cm³/mol. The Balaban J connectivity index is 0.00000180. The van der Waals surface area contributed by atoms with Crippen molar-refractivity contribution in [2.45, 2.75) is 25.9 Å². The summed E-state index contributed by atoms with van der Waals surface area (Å²) in [5.41, 5.74) is 0.0449. The summed E-state index contributed by atoms with van der Waals surface area (Å²) in [5, 5.41) is 3.65. The highest BCUT2D eigenvalue weighted by Crippen LogP contribution is 2.19. The normalized spacial score (nSPS) is 22.8. The number of hydrogen-bond donors (Lipinski definition) is 1. The molecule has 1 aliphatic heterocycles. The first kappa shape index (κ1) is 16.2. The lowest BCUT2D eigenvalue weighted by molar-refractivity contribution is 0.0611. The van der Waals surface area contributed by atoms with E-state index < -0.39 is 5.82 Å². The first-order valence-corrected chi connectivity index (χ1v) is 6.36. The maximum absolute atomic E-state index is 13.7. The molecule has 1 N–H and O–H groups in total. The van der Waals surface area contributed by atoms with E-state index in [1.54, 1.807) is 4.90 Å². The number of halogens is 3. The highest BCUT2D eigenvalue weighted by atomic mass is 35.5. The van der Waals surface area contributed by atoms with Crippen molar-refractivity contribution in [3.8, 4) is 0 Å². The maximum Gasteiger partial charge on any atom is 0.257 e. The minimum absolute atomic E-state index is 0. The van der Waals surface area contributed by atoms with E-state index in [2.05, 4.69) is 5.32 Å². The van der Waals surface area contributed by atoms with Crippen LogP contribution in [0.2, 0.25) is 5.02 Å². The minimum atomic E-state index is -0.525. The monoisotopic (exact) mass is 306 g/mol. The summed E-state index contributed by atoms with van der Waals surface area (Å²) in [7, 11) is 0. The van der Waals surface area contributed by atoms with E-state index in [9.17, 15) is 9.18 Å². The van der Waals surface area contributed by atoms with Crippen molar-refractivity contribution in [2.75, 3.05) is 13.1 Å². The summed E-state index contributed by atoms with van der Waals surface area (Å²) in [4.78, 5) is 14.0. The molecule has 1 saturated heterocycles. The molecular formula is C13H17Cl2FN2O. The van der Waals surface area contributed by atoms with Crippen LogP contribution in [-0.2, 0) is 0 Å². The van der Waals surface area contributed by atoms with Crippen molar-refractivity contribution in [2.24, 2.45) is 0 Å². The first-order valence-electron chi connectivity index (χ1n) is 5.98. The van der Waals surface area contributed by atoms with E-state index >= 15 is 0 Å². The molecule has 106 valence electrons. The van der Waals surface area contributed by atoms with Crippen LogP contribution in [0, 0.1) is 5.82 Å². The maximum atomic E-state index is 13.7. The molecule has 0 aliphatic carbocycles. The van der Waals surface area contributed by atoms with E-state index in [1.807, 2.05) is 13.8 Å². The van der Waals surface area contributed by atoms with Crippen LogP contribution >= 0.6 is 24.0 Å². The van der Waals surface area contributed by atoms with Gasteiger partial charge in [-0.1, -0.05) is 11.6 Å². The van der Waals surface area contributed by atoms with Gasteiger partial charge in [0.25, 0.3) is 5.91 Å². The molecule has 3 nitrogen and oxygen atoms in total. The Morgan fingerprint density at radius 2 is 2.16 bits per heavy atom. The van der Waals surface area contributed by atoms with Gasteiger partial charge in [-0.3, -0.25) is 4.79 Å². The van der Waals surface area contributed by atoms with E-state index in [1.165, 1.54) is 18.2 Å². The molecule has 2 rings (SSSR count). The number of carbonyl (C=O) groups is 1. The molecule has 1 aromatic rings. The van der Waals surface area contributed by atoms with E-state index in [0.29, 0.717) is 11.6 Å². The molecule has 19 heavy (non-hydrogen) atoms. The van der Waals surface area contributed by atoms with Crippen molar-refractivity contribution >= 4 is 29.9 Å². The number of piperazine rings is 1. The summed E-state index contributed by atoms with van der Waals surface area (Å²) in [6.07, 6.45) is 0. The van der Waals surface area contributed by atoms with Crippen LogP contribution in [0.5, 0.6) is 0 Å². The molecule has 0 aromatic heterocycles. The Labute approximate surface area is 123 Å². The lowest BCUT2D eigenvalue weighted by atomic mass is 10.1. The van der Waals surface area contributed by atoms with Crippen LogP contribution in [0.3, 0.4) is 0 Å². The summed E-state index contributed by atoms with van der Waals surface area (Å²) >= 11 is 5.82. The molecular weight excluding hydrogens is 290 g/mol. The number of benzene rings is 1. The van der Waals surface area contributed by atoms with Gasteiger partial charge in [-0.05, 0) is 32.0 Å². The second kappa shape index (κ2) is 6.55. The molecule has 0 bridgehead atoms. The van der Waals surface area contributed by atoms with Crippen LogP contribution in [0.1, 0.15) is 24.2 Å². The minimum Gasteiger partial charge on any atom is -0.333 e. The third-order valence-corrected chi connectivity index (χ3v) is 3.42. The standard InChI is InChI=1S/C13H16ClFN2O.ClH/c1-8-7-17(9(2)6-16-8)13(18)11-5-10(14)3-4-12(11)15;/h3-5,8-9,16H,6-7H2,1-2H3;1H. The fraction of sp³-hybridized carbons (Fsp3) is 0.462. The van der Waals surface area contributed by atoms with Crippen LogP contribution in [0.25, 0.3) is 0 Å². The van der Waals surface area contributed by atoms with E-state index in [0.717, 1.165) is 6.54 Å². The largest absolute Gasteiger partial charge is 0.333 e. The van der Waals surface area contributed by atoms with E-state index in [4.69, 9.17) is 11.6 Å². The molecule has 1 aliphatic rings. The first-order chi connectivity index (χ1) is 8.49. The zero-order chi connectivity index (χ0) is 13.3. The van der Waals surface area contributed by atoms with Gasteiger partial charge in [0.1, 0.15) is 5.82 Å². The smallest absolute Gasteiger partial charge is 0.257 e. The van der Waals surface area contributed by atoms with Crippen LogP contribution < -0.4 is 5.32 Å². The van der Waals surface area contributed by atoms with Gasteiger partial charge in [0.2, 0.25) is 0 Å². The molecule has 2 atom stereocenters. The van der Waals surface area contributed by atoms with Gasteiger partial charge in [-0.2, -0.15) is 0 Å². The topological polar surface area (TPSA) is 32.3 Å². The quantitative estimate of drug-likeness (QED) is 0.865. The van der Waals surface area contributed by atoms with Crippen molar-refractivity contribution < 1.29 is 9.18 Å². The highest BCUT2D eigenvalue weighted by Gasteiger charge is 2.28. The van der Waals surface area contributed by atoms with Gasteiger partial charge in [-0.15, -0.1) is 12.4 Å². The van der Waals surface area contributed by atoms with Crippen molar-refractivity contribution in [3.05, 3.63) is 34.6 Å². The number of nitrogens with one attached hydrogen (secondary N) is 1. The summed E-state index contributed by atoms with van der Waals surface area (Å²) < 4.78 is 13.7. The average Bonchev–Trinajstić information content (AvgIpc) is 2.34. The third-order valence-electron chi connectivity index (χ3n) is 3.18. The highest BCUT2D eigenvalue weighted by molar-refractivity contribution is 6.31. The Hall–Kier alpha value is -0.840. The summed E-state index contributed by atoms with van der Waals surface area (Å²) in [5.74, 6) is -0.821. The fourth-order valence-corrected chi connectivity index (χ4v) is 2.29. The van der Waals surface area contributed by atoms with E-state index in [-0.39, 0.29) is 36.0 Å². The summed E-state index contributed by atoms with van der Waals surface area (Å²) in [6.45, 7) is 5.24. The molecule has 6 heteroatoms. The van der Waals surface area contributed by atoms with Crippen molar-refractivity contribution in [1.82, 2.24) is 10.2 Å². The van der Waals surface area contributed by atoms with Gasteiger partial charge < -0.3 is 10.2 Å². The van der Waals surface area contributed by atoms with Crippen LogP contribution in [-0.4, -0.2) is 36.0 Å². The Morgan fingerprint density at radius 3 is 2.84 bits per heavy atom. The molecule has 1 amide bonds. The van der Waals surface area contributed by atoms with Gasteiger partial charge in [0.15, 0.2) is 0 Å². The molecule has 2 unspecified atom stereocenters. The second-order valence-electron chi connectivity index (χ2n) is 4.74. The number of rotatable bonds is 1. The van der Waals surface area contributed by atoms with Gasteiger partial charge in [0.05, 0.1) is 5.56 Å². The lowest BCUT2D eigenvalue weighted by Crippen LogP contribution is -2.56. The molecule has 1 heterocycles. The Bertz CT molecular complexity index is 470. The number of carbonyl (C=O) groups excluding carboxylic acids is 1. The third kappa shape index (κ3) is 3.59. The SMILES string of the molecule is CC1CN(C(=O)c2cc(Cl)ccc2F)C(C)CN1.Cl. The molecule has 0 radical (unpaired) electrons. The fourth-order valence-electron chi connectivity index (χ4n) is 2.12. The number of hydrogen-bond acceptors (Lipinski definition) is 2. The predicted octanol–water partition coefficient (Wildman–Crippen LogP) is 2.72. The zero-order valence-electron chi connectivity index (χ0n) is 10.8.